The van der Waals surface area contributed by atoms with E-state index in [0.717, 1.165) is 6.21 Å². The molecule has 23 heavy (non-hydrogen) atoms. The maximum Gasteiger partial charge on any atom is 0.332 e. The molecule has 1 heterocycles. The highest BCUT2D eigenvalue weighted by Crippen LogP contribution is 2.20. The molecule has 0 aliphatic heterocycles. The standard InChI is InChI=1S/C13H13N5O4S/c1-22-8-4-2-7(3-5-8)18-11(20)9(6-15-17-12(14)21)10(19)16-13(18)23/h2-6,20H,1H3,(H3,14,17,21)(H,16,19,23). The van der Waals surface area contributed by atoms with Crippen molar-refractivity contribution in [1.29, 1.82) is 0 Å². The van der Waals surface area contributed by atoms with Gasteiger partial charge in [0.15, 0.2) is 4.77 Å². The van der Waals surface area contributed by atoms with Crippen LogP contribution in [0.1, 0.15) is 5.56 Å². The van der Waals surface area contributed by atoms with E-state index in [0.29, 0.717) is 11.4 Å². The van der Waals surface area contributed by atoms with Gasteiger partial charge in [0.05, 0.1) is 19.0 Å². The molecule has 0 bridgehead atoms. The number of urea groups is 1. The molecule has 2 aromatic rings. The molecule has 9 nitrogen and oxygen atoms in total. The predicted molar refractivity (Wildman–Crippen MR) is 85.8 cm³/mol. The van der Waals surface area contributed by atoms with E-state index in [1.165, 1.54) is 11.7 Å². The van der Waals surface area contributed by atoms with Crippen LogP contribution in [0.3, 0.4) is 0 Å². The van der Waals surface area contributed by atoms with Crippen LogP contribution < -0.4 is 21.5 Å². The Kier molecular flexibility index (Phi) is 4.76. The Labute approximate surface area is 135 Å². The summed E-state index contributed by atoms with van der Waals surface area (Å²) in [6, 6.07) is 5.73. The van der Waals surface area contributed by atoms with Gasteiger partial charge in [-0.25, -0.2) is 10.2 Å². The third-order valence-electron chi connectivity index (χ3n) is 2.82. The summed E-state index contributed by atoms with van der Waals surface area (Å²) in [6.07, 6.45) is 0.966. The Balaban J connectivity index is 2.55. The molecule has 0 aliphatic rings. The summed E-state index contributed by atoms with van der Waals surface area (Å²) in [5.74, 6) is 0.190. The quantitative estimate of drug-likeness (QED) is 0.369. The number of methoxy groups -OCH3 is 1. The SMILES string of the molecule is COc1ccc(-n2c(O)c(C=NNC(N)=O)c(=O)[nH]c2=S)cc1. The highest BCUT2D eigenvalue weighted by molar-refractivity contribution is 7.71. The van der Waals surface area contributed by atoms with Gasteiger partial charge in [-0.1, -0.05) is 0 Å². The average molecular weight is 335 g/mol. The van der Waals surface area contributed by atoms with Crippen molar-refractivity contribution in [2.45, 2.75) is 0 Å². The van der Waals surface area contributed by atoms with Crippen molar-refractivity contribution in [3.05, 3.63) is 45.0 Å². The van der Waals surface area contributed by atoms with Gasteiger partial charge in [-0.05, 0) is 36.5 Å². The number of rotatable bonds is 4. The maximum atomic E-state index is 11.9. The van der Waals surface area contributed by atoms with E-state index in [4.69, 9.17) is 22.7 Å². The van der Waals surface area contributed by atoms with Crippen molar-refractivity contribution in [2.24, 2.45) is 10.8 Å². The number of amides is 2. The first-order valence-corrected chi connectivity index (χ1v) is 6.66. The number of aromatic nitrogens is 2. The number of primary amides is 1. The second-order valence-electron chi connectivity index (χ2n) is 4.26. The lowest BCUT2D eigenvalue weighted by Gasteiger charge is -2.11. The number of carbonyl (C=O) groups is 1. The first-order valence-electron chi connectivity index (χ1n) is 6.25. The van der Waals surface area contributed by atoms with E-state index in [9.17, 15) is 14.7 Å². The number of hydrogen-bond acceptors (Lipinski definition) is 6. The molecule has 10 heteroatoms. The topological polar surface area (TPSA) is 135 Å². The molecule has 0 unspecified atom stereocenters. The fraction of sp³-hybridized carbons (Fsp3) is 0.0769. The van der Waals surface area contributed by atoms with E-state index in [2.05, 4.69) is 10.1 Å². The Hall–Kier alpha value is -3.14. The van der Waals surface area contributed by atoms with E-state index < -0.39 is 17.5 Å². The van der Waals surface area contributed by atoms with Crippen LogP contribution in [0.15, 0.2) is 34.2 Å². The van der Waals surface area contributed by atoms with Crippen LogP contribution in [-0.2, 0) is 0 Å². The molecule has 5 N–H and O–H groups in total. The third-order valence-corrected chi connectivity index (χ3v) is 3.10. The predicted octanol–water partition coefficient (Wildman–Crippen LogP) is 0.611. The van der Waals surface area contributed by atoms with Gasteiger partial charge in [0.25, 0.3) is 5.56 Å². The molecule has 0 saturated heterocycles. The summed E-state index contributed by atoms with van der Waals surface area (Å²) >= 11 is 5.07. The van der Waals surface area contributed by atoms with Crippen molar-refractivity contribution >= 4 is 24.5 Å². The van der Waals surface area contributed by atoms with Crippen LogP contribution in [0.2, 0.25) is 0 Å². The Morgan fingerprint density at radius 2 is 2.13 bits per heavy atom. The van der Waals surface area contributed by atoms with Crippen molar-refractivity contribution < 1.29 is 14.6 Å². The van der Waals surface area contributed by atoms with Gasteiger partial charge in [0, 0.05) is 0 Å². The lowest BCUT2D eigenvalue weighted by Crippen LogP contribution is -2.25. The molecule has 0 spiro atoms. The molecule has 0 aliphatic carbocycles. The van der Waals surface area contributed by atoms with E-state index >= 15 is 0 Å². The van der Waals surface area contributed by atoms with Gasteiger partial charge < -0.3 is 15.6 Å². The highest BCUT2D eigenvalue weighted by atomic mass is 32.1. The van der Waals surface area contributed by atoms with Crippen LogP contribution in [0.4, 0.5) is 4.79 Å². The number of nitrogens with one attached hydrogen (secondary N) is 2. The summed E-state index contributed by atoms with van der Waals surface area (Å²) in [7, 11) is 1.53. The van der Waals surface area contributed by atoms with E-state index in [-0.39, 0.29) is 10.3 Å². The van der Waals surface area contributed by atoms with Gasteiger partial charge in [0.2, 0.25) is 5.88 Å². The zero-order chi connectivity index (χ0) is 17.0. The maximum absolute atomic E-state index is 11.9. The first kappa shape index (κ1) is 16.2. The first-order chi connectivity index (χ1) is 10.9. The second kappa shape index (κ2) is 6.75. The molecular weight excluding hydrogens is 322 g/mol. The van der Waals surface area contributed by atoms with Crippen molar-refractivity contribution in [3.8, 4) is 17.3 Å². The zero-order valence-electron chi connectivity index (χ0n) is 11.9. The second-order valence-corrected chi connectivity index (χ2v) is 4.65. The molecular formula is C13H13N5O4S. The van der Waals surface area contributed by atoms with Gasteiger partial charge in [-0.3, -0.25) is 14.3 Å². The van der Waals surface area contributed by atoms with Crippen molar-refractivity contribution in [1.82, 2.24) is 15.0 Å². The Bertz CT molecular complexity index is 869. The van der Waals surface area contributed by atoms with Crippen molar-refractivity contribution in [2.75, 3.05) is 7.11 Å². The number of hydrogen-bond donors (Lipinski definition) is 4. The number of hydrazone groups is 1. The van der Waals surface area contributed by atoms with Crippen LogP contribution in [0.5, 0.6) is 11.6 Å². The minimum absolute atomic E-state index is 0.00215. The zero-order valence-corrected chi connectivity index (χ0v) is 12.8. The Morgan fingerprint density at radius 3 is 2.70 bits per heavy atom. The van der Waals surface area contributed by atoms with Crippen molar-refractivity contribution in [3.63, 3.8) is 0 Å². The molecule has 1 aromatic heterocycles. The molecule has 0 radical (unpaired) electrons. The molecule has 0 saturated carbocycles. The molecule has 120 valence electrons. The number of aromatic hydroxyl groups is 1. The van der Waals surface area contributed by atoms with Gasteiger partial charge >= 0.3 is 6.03 Å². The van der Waals surface area contributed by atoms with E-state index in [1.54, 1.807) is 24.3 Å². The minimum atomic E-state index is -0.903. The summed E-state index contributed by atoms with van der Waals surface area (Å²) in [4.78, 5) is 24.9. The van der Waals surface area contributed by atoms with Crippen LogP contribution in [0.25, 0.3) is 5.69 Å². The summed E-state index contributed by atoms with van der Waals surface area (Å²) in [5.41, 5.74) is 6.44. The largest absolute Gasteiger partial charge is 0.497 e. The number of nitrogens with two attached hydrogens (primary N) is 1. The number of benzene rings is 1. The number of nitrogens with zero attached hydrogens (tertiary/aromatic N) is 2. The molecule has 2 amide bonds. The summed E-state index contributed by atoms with van der Waals surface area (Å²) in [5, 5.41) is 13.8. The smallest absolute Gasteiger partial charge is 0.332 e. The highest BCUT2D eigenvalue weighted by Gasteiger charge is 2.12. The summed E-state index contributed by atoms with van der Waals surface area (Å²) < 4.78 is 6.29. The number of aromatic amines is 1. The molecule has 0 atom stereocenters. The lowest BCUT2D eigenvalue weighted by molar-refractivity contribution is 0.249. The fourth-order valence-electron chi connectivity index (χ4n) is 1.79. The fourth-order valence-corrected chi connectivity index (χ4v) is 2.07. The summed E-state index contributed by atoms with van der Waals surface area (Å²) in [6.45, 7) is 0. The molecule has 2 rings (SSSR count). The Morgan fingerprint density at radius 1 is 1.48 bits per heavy atom. The number of H-pyrrole nitrogens is 1. The molecule has 1 aromatic carbocycles. The number of ether oxygens (including phenoxy) is 1. The third kappa shape index (κ3) is 3.55. The average Bonchev–Trinajstić information content (AvgIpc) is 2.50. The van der Waals surface area contributed by atoms with Crippen LogP contribution >= 0.6 is 12.2 Å². The lowest BCUT2D eigenvalue weighted by atomic mass is 10.2. The van der Waals surface area contributed by atoms with E-state index in [1.807, 2.05) is 5.43 Å². The molecule has 0 fully saturated rings. The van der Waals surface area contributed by atoms with Gasteiger partial charge in [-0.2, -0.15) is 5.10 Å². The van der Waals surface area contributed by atoms with Crippen LogP contribution in [0, 0.1) is 4.77 Å². The van der Waals surface area contributed by atoms with Gasteiger partial charge in [-0.15, -0.1) is 0 Å². The number of carbonyl (C=O) groups excluding carboxylic acids is 1. The monoisotopic (exact) mass is 335 g/mol. The normalized spacial score (nSPS) is 10.7. The van der Waals surface area contributed by atoms with Gasteiger partial charge in [0.1, 0.15) is 11.3 Å². The van der Waals surface area contributed by atoms with Crippen LogP contribution in [-0.4, -0.2) is 34.0 Å². The minimum Gasteiger partial charge on any atom is -0.497 e.